The summed E-state index contributed by atoms with van der Waals surface area (Å²) >= 11 is 0. The van der Waals surface area contributed by atoms with Gasteiger partial charge in [0, 0.05) is 16.8 Å². The van der Waals surface area contributed by atoms with Crippen LogP contribution in [0.2, 0.25) is 0 Å². The lowest BCUT2D eigenvalue weighted by atomic mass is 9.98. The number of carbonyl (C=O) groups is 3. The molecule has 0 fully saturated rings. The van der Waals surface area contributed by atoms with Crippen molar-refractivity contribution in [2.24, 2.45) is 0 Å². The first kappa shape index (κ1) is 26.3. The topological polar surface area (TPSA) is 160 Å². The van der Waals surface area contributed by atoms with Crippen molar-refractivity contribution in [3.63, 3.8) is 0 Å². The first-order valence-corrected chi connectivity index (χ1v) is 11.7. The molecule has 0 saturated heterocycles. The Labute approximate surface area is 216 Å². The molecule has 6 N–H and O–H groups in total. The Morgan fingerprint density at radius 2 is 1.71 bits per heavy atom. The minimum atomic E-state index is -1.89. The molecule has 1 aromatic heterocycles. The Morgan fingerprint density at radius 3 is 2.34 bits per heavy atom. The molecule has 2 atom stereocenters. The van der Waals surface area contributed by atoms with Crippen molar-refractivity contribution in [3.8, 4) is 0 Å². The minimum Gasteiger partial charge on any atom is -0.464 e. The summed E-state index contributed by atoms with van der Waals surface area (Å²) in [7, 11) is 0. The number of aliphatic hydroxyl groups excluding tert-OH is 1. The fraction of sp³-hybridized carbons (Fsp3) is 0.185. The Morgan fingerprint density at radius 1 is 1.03 bits per heavy atom. The number of nitrogens with two attached hydrogens (primary N) is 1. The van der Waals surface area contributed by atoms with Crippen LogP contribution in [0.25, 0.3) is 11.0 Å². The first-order chi connectivity index (χ1) is 18.1. The van der Waals surface area contributed by atoms with Gasteiger partial charge >= 0.3 is 6.09 Å². The zero-order valence-corrected chi connectivity index (χ0v) is 20.6. The summed E-state index contributed by atoms with van der Waals surface area (Å²) in [6, 6.07) is 15.1. The van der Waals surface area contributed by atoms with Crippen LogP contribution in [0.3, 0.4) is 0 Å². The highest BCUT2D eigenvalue weighted by Gasteiger charge is 2.31. The van der Waals surface area contributed by atoms with Gasteiger partial charge in [-0.1, -0.05) is 44.2 Å². The molecule has 0 aliphatic rings. The van der Waals surface area contributed by atoms with Crippen LogP contribution < -0.4 is 16.4 Å². The molecule has 4 rings (SSSR count). The van der Waals surface area contributed by atoms with Crippen LogP contribution in [0.1, 0.15) is 47.3 Å². The number of aliphatic hydroxyl groups is 1. The third-order valence-corrected chi connectivity index (χ3v) is 6.09. The van der Waals surface area contributed by atoms with Crippen molar-refractivity contribution < 1.29 is 29.0 Å². The Kier molecular flexibility index (Phi) is 7.40. The number of rotatable bonds is 7. The Bertz CT molecular complexity index is 1520. The lowest BCUT2D eigenvalue weighted by Crippen LogP contribution is -2.43. The number of benzene rings is 3. The largest absolute Gasteiger partial charge is 0.464 e. The molecule has 0 spiro atoms. The van der Waals surface area contributed by atoms with E-state index in [0.29, 0.717) is 0 Å². The second-order valence-corrected chi connectivity index (χ2v) is 8.97. The standard InChI is InChI=1S/C27H26FN5O5/c1-14(2)15-7-9-16(10-8-15)24(35)32-22(18-5-3-4-6-19(18)28)23(34)25(36)30-17-11-12-21-20(13-17)31-26(29)33(21)27(37)38/h3-14,22-23,34H,1-2H3,(H2,29,31)(H,30,36)(H,32,35)(H,37,38)/t22-,23+/m0/s1. The molecule has 0 unspecified atom stereocenters. The van der Waals surface area contributed by atoms with Gasteiger partial charge in [-0.2, -0.15) is 0 Å². The highest BCUT2D eigenvalue weighted by Crippen LogP contribution is 2.25. The van der Waals surface area contributed by atoms with Gasteiger partial charge in [-0.15, -0.1) is 0 Å². The molecular weight excluding hydrogens is 493 g/mol. The number of carbonyl (C=O) groups excluding carboxylic acids is 2. The van der Waals surface area contributed by atoms with Crippen molar-refractivity contribution in [2.75, 3.05) is 11.1 Å². The molecule has 0 radical (unpaired) electrons. The molecule has 0 aliphatic carbocycles. The maximum absolute atomic E-state index is 14.7. The predicted octanol–water partition coefficient (Wildman–Crippen LogP) is 3.88. The number of nitrogens with one attached hydrogen (secondary N) is 2. The number of imidazole rings is 1. The third kappa shape index (κ3) is 5.32. The molecule has 3 aromatic carbocycles. The molecular formula is C27H26FN5O5. The molecule has 38 heavy (non-hydrogen) atoms. The highest BCUT2D eigenvalue weighted by molar-refractivity contribution is 5.99. The number of anilines is 2. The van der Waals surface area contributed by atoms with E-state index in [1.165, 1.54) is 36.4 Å². The molecule has 11 heteroatoms. The average molecular weight is 520 g/mol. The van der Waals surface area contributed by atoms with Crippen LogP contribution in [0, 0.1) is 5.82 Å². The van der Waals surface area contributed by atoms with Gasteiger partial charge in [-0.05, 0) is 47.9 Å². The molecule has 0 aliphatic heterocycles. The third-order valence-electron chi connectivity index (χ3n) is 6.09. The van der Waals surface area contributed by atoms with Crippen molar-refractivity contribution >= 4 is 40.6 Å². The Balaban J connectivity index is 1.59. The van der Waals surface area contributed by atoms with E-state index in [0.717, 1.165) is 16.2 Å². The number of amides is 2. The summed E-state index contributed by atoms with van der Waals surface area (Å²) in [6.07, 6.45) is -3.21. The first-order valence-electron chi connectivity index (χ1n) is 11.7. The SMILES string of the molecule is CC(C)c1ccc(C(=O)N[C@@H](c2ccccc2F)[C@@H](O)C(=O)Nc2ccc3c(c2)nc(N)n3C(=O)O)cc1. The predicted molar refractivity (Wildman–Crippen MR) is 139 cm³/mol. The van der Waals surface area contributed by atoms with E-state index in [9.17, 15) is 29.0 Å². The maximum Gasteiger partial charge on any atom is 0.418 e. The van der Waals surface area contributed by atoms with E-state index in [-0.39, 0.29) is 39.7 Å². The smallest absolute Gasteiger partial charge is 0.418 e. The normalized spacial score (nSPS) is 12.8. The summed E-state index contributed by atoms with van der Waals surface area (Å²) in [5.41, 5.74) is 7.46. The number of aromatic nitrogens is 2. The van der Waals surface area contributed by atoms with Crippen LogP contribution in [0.15, 0.2) is 66.7 Å². The van der Waals surface area contributed by atoms with Crippen LogP contribution in [-0.2, 0) is 4.79 Å². The Hall–Kier alpha value is -4.77. The zero-order valence-electron chi connectivity index (χ0n) is 20.6. The lowest BCUT2D eigenvalue weighted by Gasteiger charge is -2.24. The summed E-state index contributed by atoms with van der Waals surface area (Å²) in [6.45, 7) is 4.03. The number of carboxylic acid groups (broad SMARTS) is 1. The molecule has 0 saturated carbocycles. The van der Waals surface area contributed by atoms with E-state index in [2.05, 4.69) is 15.6 Å². The lowest BCUT2D eigenvalue weighted by molar-refractivity contribution is -0.125. The van der Waals surface area contributed by atoms with E-state index >= 15 is 0 Å². The molecule has 1 heterocycles. The van der Waals surface area contributed by atoms with E-state index in [1.54, 1.807) is 24.3 Å². The van der Waals surface area contributed by atoms with E-state index < -0.39 is 35.9 Å². The average Bonchev–Trinajstić information content (AvgIpc) is 3.22. The van der Waals surface area contributed by atoms with Gasteiger partial charge < -0.3 is 26.6 Å². The fourth-order valence-electron chi connectivity index (χ4n) is 4.04. The maximum atomic E-state index is 14.7. The van der Waals surface area contributed by atoms with E-state index in [4.69, 9.17) is 5.73 Å². The summed E-state index contributed by atoms with van der Waals surface area (Å²) < 4.78 is 15.5. The number of nitrogens with zero attached hydrogens (tertiary/aromatic N) is 2. The van der Waals surface area contributed by atoms with Gasteiger partial charge in [0.05, 0.1) is 17.1 Å². The quantitative estimate of drug-likeness (QED) is 0.248. The van der Waals surface area contributed by atoms with Gasteiger partial charge in [0.1, 0.15) is 5.82 Å². The molecule has 4 aromatic rings. The number of hydrogen-bond donors (Lipinski definition) is 5. The monoisotopic (exact) mass is 519 g/mol. The fourth-order valence-corrected chi connectivity index (χ4v) is 4.04. The second-order valence-electron chi connectivity index (χ2n) is 8.97. The van der Waals surface area contributed by atoms with Gasteiger partial charge in [0.15, 0.2) is 6.10 Å². The number of fused-ring (bicyclic) bond motifs is 1. The molecule has 2 amide bonds. The van der Waals surface area contributed by atoms with Gasteiger partial charge in [-0.25, -0.2) is 18.7 Å². The van der Waals surface area contributed by atoms with Crippen molar-refractivity contribution in [3.05, 3.63) is 89.2 Å². The minimum absolute atomic E-state index is 0.0780. The van der Waals surface area contributed by atoms with Crippen LogP contribution in [-0.4, -0.2) is 43.8 Å². The van der Waals surface area contributed by atoms with Crippen molar-refractivity contribution in [1.82, 2.24) is 14.9 Å². The second kappa shape index (κ2) is 10.7. The highest BCUT2D eigenvalue weighted by atomic mass is 19.1. The van der Waals surface area contributed by atoms with Crippen LogP contribution >= 0.6 is 0 Å². The van der Waals surface area contributed by atoms with E-state index in [1.807, 2.05) is 13.8 Å². The number of nitrogen functional groups attached to an aromatic ring is 1. The number of hydrogen-bond acceptors (Lipinski definition) is 6. The van der Waals surface area contributed by atoms with Gasteiger partial charge in [0.2, 0.25) is 5.95 Å². The van der Waals surface area contributed by atoms with Gasteiger partial charge in [-0.3, -0.25) is 9.59 Å². The molecule has 196 valence electrons. The van der Waals surface area contributed by atoms with Crippen molar-refractivity contribution in [1.29, 1.82) is 0 Å². The molecule has 10 nitrogen and oxygen atoms in total. The zero-order chi connectivity index (χ0) is 27.6. The number of halogens is 1. The van der Waals surface area contributed by atoms with Crippen molar-refractivity contribution in [2.45, 2.75) is 31.9 Å². The summed E-state index contributed by atoms with van der Waals surface area (Å²) in [4.78, 5) is 41.4. The summed E-state index contributed by atoms with van der Waals surface area (Å²) in [5.74, 6) is -2.23. The van der Waals surface area contributed by atoms with Crippen LogP contribution in [0.5, 0.6) is 0 Å². The molecule has 0 bridgehead atoms. The van der Waals surface area contributed by atoms with Gasteiger partial charge in [0.25, 0.3) is 11.8 Å². The van der Waals surface area contributed by atoms with Crippen LogP contribution in [0.4, 0.5) is 20.8 Å². The summed E-state index contributed by atoms with van der Waals surface area (Å²) in [5, 5.41) is 25.3.